The molecule has 2 N–H and O–H groups in total. The molecule has 2 aromatic rings. The van der Waals surface area contributed by atoms with Crippen molar-refractivity contribution in [1.29, 1.82) is 0 Å². The maximum Gasteiger partial charge on any atom is 0.341 e. The summed E-state index contributed by atoms with van der Waals surface area (Å²) in [6.45, 7) is 1.63. The number of carboxylic acid groups (broad SMARTS) is 1. The predicted molar refractivity (Wildman–Crippen MR) is 102 cm³/mol. The maximum absolute atomic E-state index is 15.1. The van der Waals surface area contributed by atoms with Gasteiger partial charge in [-0.1, -0.05) is 0 Å². The van der Waals surface area contributed by atoms with Crippen LogP contribution in [0.5, 0.6) is 0 Å². The van der Waals surface area contributed by atoms with Crippen molar-refractivity contribution >= 4 is 34.3 Å². The van der Waals surface area contributed by atoms with Gasteiger partial charge in [-0.3, -0.25) is 4.79 Å². The smallest absolute Gasteiger partial charge is 0.341 e. The number of carbonyl (C=O) groups is 1. The van der Waals surface area contributed by atoms with E-state index < -0.39 is 17.2 Å². The minimum absolute atomic E-state index is 0.132. The van der Waals surface area contributed by atoms with Crippen LogP contribution in [0.15, 0.2) is 17.1 Å². The van der Waals surface area contributed by atoms with E-state index in [1.54, 1.807) is 0 Å². The molecule has 2 fully saturated rings. The van der Waals surface area contributed by atoms with E-state index in [1.807, 2.05) is 11.8 Å². The standard InChI is InChI=1S/C19H21FN2O3S/c1-26-9-10-4-5-22(8-10)17-14(20)6-12-16(15(17)11-2-3-11)21-7-13(18(12)23)19(24)25/h6-7,10-11H,2-5,8-9H2,1H3,(H,21,23)(H,24,25). The number of hydrogen-bond acceptors (Lipinski definition) is 4. The minimum Gasteiger partial charge on any atom is -0.477 e. The molecule has 0 spiro atoms. The number of H-pyrrole nitrogens is 1. The topological polar surface area (TPSA) is 73.4 Å². The molecule has 0 radical (unpaired) electrons. The van der Waals surface area contributed by atoms with Crippen LogP contribution in [-0.4, -0.2) is 41.2 Å². The molecule has 4 rings (SSSR count). The molecule has 2 heterocycles. The SMILES string of the molecule is CSCC1CCN(c2c(F)cc3c(=O)c(C(=O)O)c[nH]c3c2C2CC2)C1. The molecule has 0 bridgehead atoms. The first kappa shape index (κ1) is 17.4. The van der Waals surface area contributed by atoms with Crippen molar-refractivity contribution in [2.45, 2.75) is 25.2 Å². The van der Waals surface area contributed by atoms with Gasteiger partial charge in [0.25, 0.3) is 0 Å². The van der Waals surface area contributed by atoms with Crippen molar-refractivity contribution < 1.29 is 14.3 Å². The zero-order valence-electron chi connectivity index (χ0n) is 14.5. The number of benzene rings is 1. The number of nitrogens with zero attached hydrogens (tertiary/aromatic N) is 1. The van der Waals surface area contributed by atoms with Crippen LogP contribution in [0.2, 0.25) is 0 Å². The fourth-order valence-corrected chi connectivity index (χ4v) is 4.75. The molecular weight excluding hydrogens is 355 g/mol. The average molecular weight is 376 g/mol. The van der Waals surface area contributed by atoms with Crippen LogP contribution in [0, 0.1) is 11.7 Å². The summed E-state index contributed by atoms with van der Waals surface area (Å²) in [4.78, 5) is 28.8. The molecule has 1 unspecified atom stereocenters. The Hall–Kier alpha value is -2.02. The molecular formula is C19H21FN2O3S. The fourth-order valence-electron chi connectivity index (χ4n) is 4.01. The number of halogens is 1. The molecule has 26 heavy (non-hydrogen) atoms. The summed E-state index contributed by atoms with van der Waals surface area (Å²) in [6, 6.07) is 1.21. The van der Waals surface area contributed by atoms with Gasteiger partial charge in [-0.25, -0.2) is 9.18 Å². The van der Waals surface area contributed by atoms with Crippen molar-refractivity contribution in [2.24, 2.45) is 5.92 Å². The molecule has 0 amide bonds. The Kier molecular flexibility index (Phi) is 4.42. The van der Waals surface area contributed by atoms with E-state index in [0.717, 1.165) is 43.7 Å². The Bertz CT molecular complexity index is 939. The summed E-state index contributed by atoms with van der Waals surface area (Å²) in [7, 11) is 0. The van der Waals surface area contributed by atoms with Crippen LogP contribution in [0.1, 0.15) is 41.1 Å². The number of thioether (sulfide) groups is 1. The lowest BCUT2D eigenvalue weighted by Gasteiger charge is -2.24. The Labute approximate surface area is 154 Å². The van der Waals surface area contributed by atoms with Crippen molar-refractivity contribution in [1.82, 2.24) is 4.98 Å². The number of fused-ring (bicyclic) bond motifs is 1. The van der Waals surface area contributed by atoms with Gasteiger partial charge in [-0.05, 0) is 49.2 Å². The largest absolute Gasteiger partial charge is 0.477 e. The highest BCUT2D eigenvalue weighted by atomic mass is 32.2. The van der Waals surface area contributed by atoms with Crippen LogP contribution in [0.25, 0.3) is 10.9 Å². The first-order chi connectivity index (χ1) is 12.5. The van der Waals surface area contributed by atoms with E-state index in [-0.39, 0.29) is 16.9 Å². The summed E-state index contributed by atoms with van der Waals surface area (Å²) in [5.74, 6) is 0.112. The van der Waals surface area contributed by atoms with Crippen LogP contribution < -0.4 is 10.3 Å². The predicted octanol–water partition coefficient (Wildman–Crippen LogP) is 3.43. The first-order valence-electron chi connectivity index (χ1n) is 8.86. The number of aromatic carboxylic acids is 1. The van der Waals surface area contributed by atoms with E-state index in [1.165, 1.54) is 12.3 Å². The van der Waals surface area contributed by atoms with Crippen LogP contribution in [0.4, 0.5) is 10.1 Å². The van der Waals surface area contributed by atoms with Gasteiger partial charge in [0.05, 0.1) is 11.2 Å². The third-order valence-electron chi connectivity index (χ3n) is 5.36. The molecule has 7 heteroatoms. The third kappa shape index (κ3) is 2.88. The number of aromatic amines is 1. The lowest BCUT2D eigenvalue weighted by molar-refractivity contribution is 0.0695. The monoisotopic (exact) mass is 376 g/mol. The van der Waals surface area contributed by atoms with E-state index in [0.29, 0.717) is 17.1 Å². The molecule has 5 nitrogen and oxygen atoms in total. The van der Waals surface area contributed by atoms with Crippen molar-refractivity contribution in [2.75, 3.05) is 30.0 Å². The van der Waals surface area contributed by atoms with Crippen LogP contribution >= 0.6 is 11.8 Å². The van der Waals surface area contributed by atoms with Gasteiger partial charge >= 0.3 is 5.97 Å². The van der Waals surface area contributed by atoms with Crippen LogP contribution in [-0.2, 0) is 0 Å². The van der Waals surface area contributed by atoms with Gasteiger partial charge < -0.3 is 15.0 Å². The highest BCUT2D eigenvalue weighted by Gasteiger charge is 2.35. The van der Waals surface area contributed by atoms with Gasteiger partial charge in [0.15, 0.2) is 0 Å². The number of anilines is 1. The van der Waals surface area contributed by atoms with Gasteiger partial charge in [0.2, 0.25) is 5.43 Å². The molecule has 138 valence electrons. The van der Waals surface area contributed by atoms with Crippen LogP contribution in [0.3, 0.4) is 0 Å². The molecule has 1 saturated carbocycles. The van der Waals surface area contributed by atoms with Gasteiger partial charge in [-0.15, -0.1) is 0 Å². The number of hydrogen-bond donors (Lipinski definition) is 2. The molecule has 1 aliphatic heterocycles. The van der Waals surface area contributed by atoms with Crippen molar-refractivity contribution in [3.05, 3.63) is 39.4 Å². The van der Waals surface area contributed by atoms with E-state index in [9.17, 15) is 9.59 Å². The lowest BCUT2D eigenvalue weighted by Crippen LogP contribution is -2.24. The Morgan fingerprint density at radius 1 is 1.42 bits per heavy atom. The first-order valence-corrected chi connectivity index (χ1v) is 10.3. The second-order valence-corrected chi connectivity index (χ2v) is 8.12. The van der Waals surface area contributed by atoms with Gasteiger partial charge in [0, 0.05) is 30.2 Å². The number of rotatable bonds is 5. The lowest BCUT2D eigenvalue weighted by atomic mass is 10.0. The maximum atomic E-state index is 15.1. The molecule has 1 atom stereocenters. The number of nitrogens with one attached hydrogen (secondary N) is 1. The molecule has 2 aliphatic rings. The molecule has 1 aromatic heterocycles. The fraction of sp³-hybridized carbons (Fsp3) is 0.474. The number of aromatic nitrogens is 1. The summed E-state index contributed by atoms with van der Waals surface area (Å²) >= 11 is 1.81. The minimum atomic E-state index is -1.30. The van der Waals surface area contributed by atoms with E-state index in [4.69, 9.17) is 5.11 Å². The van der Waals surface area contributed by atoms with Crippen molar-refractivity contribution in [3.63, 3.8) is 0 Å². The summed E-state index contributed by atoms with van der Waals surface area (Å²) < 4.78 is 15.1. The summed E-state index contributed by atoms with van der Waals surface area (Å²) in [5, 5.41) is 9.30. The Balaban J connectivity index is 1.88. The average Bonchev–Trinajstić information content (AvgIpc) is 3.34. The number of pyridine rings is 1. The Morgan fingerprint density at radius 2 is 2.19 bits per heavy atom. The molecule has 1 saturated heterocycles. The third-order valence-corrected chi connectivity index (χ3v) is 6.17. The summed E-state index contributed by atoms with van der Waals surface area (Å²) in [5.41, 5.74) is 1.06. The van der Waals surface area contributed by atoms with Gasteiger partial charge in [0.1, 0.15) is 11.4 Å². The molecule has 1 aliphatic carbocycles. The highest BCUT2D eigenvalue weighted by Crippen LogP contribution is 2.48. The Morgan fingerprint density at radius 3 is 2.85 bits per heavy atom. The highest BCUT2D eigenvalue weighted by molar-refractivity contribution is 7.98. The second kappa shape index (κ2) is 6.61. The molecule has 1 aromatic carbocycles. The van der Waals surface area contributed by atoms with Crippen molar-refractivity contribution in [3.8, 4) is 0 Å². The van der Waals surface area contributed by atoms with E-state index >= 15 is 4.39 Å². The van der Waals surface area contributed by atoms with Gasteiger partial charge in [-0.2, -0.15) is 11.8 Å². The zero-order chi connectivity index (χ0) is 18.4. The number of carboxylic acids is 1. The quantitative estimate of drug-likeness (QED) is 0.836. The normalized spacial score (nSPS) is 20.1. The summed E-state index contributed by atoms with van der Waals surface area (Å²) in [6.07, 6.45) is 6.30. The second-order valence-electron chi connectivity index (χ2n) is 7.21. The zero-order valence-corrected chi connectivity index (χ0v) is 15.4. The van der Waals surface area contributed by atoms with E-state index in [2.05, 4.69) is 16.1 Å².